The summed E-state index contributed by atoms with van der Waals surface area (Å²) in [5, 5.41) is 12.5. The van der Waals surface area contributed by atoms with Gasteiger partial charge in [-0.1, -0.05) is 42.0 Å². The Hall–Kier alpha value is -2.33. The molecule has 0 aromatic heterocycles. The molecular formula is C19H23NO3. The first-order valence-corrected chi connectivity index (χ1v) is 7.86. The average molecular weight is 313 g/mol. The van der Waals surface area contributed by atoms with Crippen LogP contribution in [0.15, 0.2) is 48.5 Å². The number of benzene rings is 2. The van der Waals surface area contributed by atoms with Gasteiger partial charge in [0.1, 0.15) is 5.75 Å². The van der Waals surface area contributed by atoms with Gasteiger partial charge in [0.05, 0.1) is 12.2 Å². The number of aryl methyl sites for hydroxylation is 1. The summed E-state index contributed by atoms with van der Waals surface area (Å²) < 4.78 is 5.57. The summed E-state index contributed by atoms with van der Waals surface area (Å²) in [6.07, 6.45) is 1.64. The van der Waals surface area contributed by atoms with E-state index in [2.05, 4.69) is 17.4 Å². The molecule has 0 spiro atoms. The molecule has 0 saturated heterocycles. The third kappa shape index (κ3) is 5.75. The van der Waals surface area contributed by atoms with E-state index in [9.17, 15) is 9.90 Å². The van der Waals surface area contributed by atoms with Gasteiger partial charge in [-0.3, -0.25) is 4.79 Å². The van der Waals surface area contributed by atoms with Crippen molar-refractivity contribution in [2.75, 3.05) is 19.8 Å². The van der Waals surface area contributed by atoms with Crippen LogP contribution in [0.25, 0.3) is 0 Å². The van der Waals surface area contributed by atoms with Gasteiger partial charge < -0.3 is 15.2 Å². The van der Waals surface area contributed by atoms with Crippen LogP contribution in [0.3, 0.4) is 0 Å². The number of carbonyl (C=O) groups excluding carboxylic acids is 1. The Bertz CT molecular complexity index is 626. The smallest absolute Gasteiger partial charge is 0.255 e. The minimum Gasteiger partial charge on any atom is -0.507 e. The molecule has 0 atom stereocenters. The SMILES string of the molecule is Cc1ccc(O)c(C(=O)NCCCOCCc2ccccc2)c1. The van der Waals surface area contributed by atoms with Crippen LogP contribution in [0, 0.1) is 6.92 Å². The lowest BCUT2D eigenvalue weighted by molar-refractivity contribution is 0.0939. The van der Waals surface area contributed by atoms with Crippen LogP contribution in [0.2, 0.25) is 0 Å². The number of amides is 1. The zero-order valence-electron chi connectivity index (χ0n) is 13.4. The van der Waals surface area contributed by atoms with Crippen LogP contribution in [-0.2, 0) is 11.2 Å². The van der Waals surface area contributed by atoms with Crippen molar-refractivity contribution >= 4 is 5.91 Å². The second-order valence-corrected chi connectivity index (χ2v) is 5.48. The van der Waals surface area contributed by atoms with Crippen LogP contribution in [0.1, 0.15) is 27.9 Å². The molecule has 122 valence electrons. The largest absolute Gasteiger partial charge is 0.507 e. The number of hydrogen-bond acceptors (Lipinski definition) is 3. The summed E-state index contributed by atoms with van der Waals surface area (Å²) in [5.41, 5.74) is 2.52. The molecule has 0 aliphatic carbocycles. The Kier molecular flexibility index (Phi) is 6.63. The summed E-state index contributed by atoms with van der Waals surface area (Å²) in [6, 6.07) is 15.2. The number of phenols is 1. The Morgan fingerprint density at radius 2 is 1.91 bits per heavy atom. The van der Waals surface area contributed by atoms with E-state index in [0.29, 0.717) is 25.3 Å². The van der Waals surface area contributed by atoms with Crippen molar-refractivity contribution < 1.29 is 14.6 Å². The fraction of sp³-hybridized carbons (Fsp3) is 0.316. The van der Waals surface area contributed by atoms with Gasteiger partial charge in [-0.25, -0.2) is 0 Å². The molecule has 2 aromatic carbocycles. The molecule has 0 fully saturated rings. The van der Waals surface area contributed by atoms with Gasteiger partial charge in [-0.05, 0) is 37.5 Å². The molecule has 0 heterocycles. The van der Waals surface area contributed by atoms with Crippen molar-refractivity contribution in [3.63, 3.8) is 0 Å². The van der Waals surface area contributed by atoms with E-state index in [4.69, 9.17) is 4.74 Å². The van der Waals surface area contributed by atoms with E-state index >= 15 is 0 Å². The number of carbonyl (C=O) groups is 1. The number of aromatic hydroxyl groups is 1. The molecule has 0 bridgehead atoms. The molecular weight excluding hydrogens is 290 g/mol. The maximum absolute atomic E-state index is 12.0. The lowest BCUT2D eigenvalue weighted by Crippen LogP contribution is -2.25. The molecule has 0 saturated carbocycles. The summed E-state index contributed by atoms with van der Waals surface area (Å²) in [4.78, 5) is 12.0. The topological polar surface area (TPSA) is 58.6 Å². The van der Waals surface area contributed by atoms with Crippen molar-refractivity contribution in [2.45, 2.75) is 19.8 Å². The standard InChI is InChI=1S/C19H23NO3/c1-15-8-9-18(21)17(14-15)19(22)20-11-5-12-23-13-10-16-6-3-2-4-7-16/h2-4,6-9,14,21H,5,10-13H2,1H3,(H,20,22). The average Bonchev–Trinajstić information content (AvgIpc) is 2.57. The lowest BCUT2D eigenvalue weighted by atomic mass is 10.1. The van der Waals surface area contributed by atoms with Gasteiger partial charge >= 0.3 is 0 Å². The second-order valence-electron chi connectivity index (χ2n) is 5.48. The molecule has 0 unspecified atom stereocenters. The Morgan fingerprint density at radius 3 is 2.70 bits per heavy atom. The van der Waals surface area contributed by atoms with E-state index in [1.807, 2.05) is 25.1 Å². The highest BCUT2D eigenvalue weighted by Crippen LogP contribution is 2.17. The highest BCUT2D eigenvalue weighted by atomic mass is 16.5. The van der Waals surface area contributed by atoms with Gasteiger partial charge in [-0.2, -0.15) is 0 Å². The molecule has 2 N–H and O–H groups in total. The zero-order valence-corrected chi connectivity index (χ0v) is 13.4. The normalized spacial score (nSPS) is 10.5. The molecule has 2 aromatic rings. The zero-order chi connectivity index (χ0) is 16.5. The minimum atomic E-state index is -0.254. The van der Waals surface area contributed by atoms with Gasteiger partial charge in [0, 0.05) is 13.2 Å². The summed E-state index contributed by atoms with van der Waals surface area (Å²) in [7, 11) is 0. The third-order valence-electron chi connectivity index (χ3n) is 3.53. The first kappa shape index (κ1) is 17.0. The van der Waals surface area contributed by atoms with E-state index in [1.165, 1.54) is 11.6 Å². The summed E-state index contributed by atoms with van der Waals surface area (Å²) >= 11 is 0. The number of rotatable bonds is 8. The fourth-order valence-electron chi connectivity index (χ4n) is 2.24. The van der Waals surface area contributed by atoms with Crippen LogP contribution in [0.4, 0.5) is 0 Å². The van der Waals surface area contributed by atoms with Crippen molar-refractivity contribution in [3.05, 3.63) is 65.2 Å². The highest BCUT2D eigenvalue weighted by Gasteiger charge is 2.10. The summed E-state index contributed by atoms with van der Waals surface area (Å²) in [5.74, 6) is -0.248. The van der Waals surface area contributed by atoms with Crippen molar-refractivity contribution in [1.29, 1.82) is 0 Å². The van der Waals surface area contributed by atoms with Crippen LogP contribution in [-0.4, -0.2) is 30.8 Å². The minimum absolute atomic E-state index is 0.00668. The number of ether oxygens (including phenoxy) is 1. The monoisotopic (exact) mass is 313 g/mol. The molecule has 4 nitrogen and oxygen atoms in total. The van der Waals surface area contributed by atoms with Crippen LogP contribution < -0.4 is 5.32 Å². The van der Waals surface area contributed by atoms with Gasteiger partial charge in [0.2, 0.25) is 0 Å². The number of hydrogen-bond donors (Lipinski definition) is 2. The van der Waals surface area contributed by atoms with E-state index in [-0.39, 0.29) is 11.7 Å². The Labute approximate surface area is 137 Å². The predicted molar refractivity (Wildman–Crippen MR) is 90.8 cm³/mol. The number of phenolic OH excluding ortho intramolecular Hbond substituents is 1. The van der Waals surface area contributed by atoms with E-state index in [1.54, 1.807) is 12.1 Å². The third-order valence-corrected chi connectivity index (χ3v) is 3.53. The molecule has 0 aliphatic heterocycles. The van der Waals surface area contributed by atoms with Crippen molar-refractivity contribution in [1.82, 2.24) is 5.32 Å². The fourth-order valence-corrected chi connectivity index (χ4v) is 2.24. The Morgan fingerprint density at radius 1 is 1.13 bits per heavy atom. The van der Waals surface area contributed by atoms with E-state index in [0.717, 1.165) is 18.4 Å². The highest BCUT2D eigenvalue weighted by molar-refractivity contribution is 5.96. The lowest BCUT2D eigenvalue weighted by Gasteiger charge is -2.08. The molecule has 2 rings (SSSR count). The van der Waals surface area contributed by atoms with Crippen LogP contribution in [0.5, 0.6) is 5.75 Å². The predicted octanol–water partition coefficient (Wildman–Crippen LogP) is 3.08. The maximum Gasteiger partial charge on any atom is 0.255 e. The molecule has 0 radical (unpaired) electrons. The van der Waals surface area contributed by atoms with E-state index < -0.39 is 0 Å². The molecule has 23 heavy (non-hydrogen) atoms. The summed E-state index contributed by atoms with van der Waals surface area (Å²) in [6.45, 7) is 3.69. The van der Waals surface area contributed by atoms with Crippen LogP contribution >= 0.6 is 0 Å². The molecule has 1 amide bonds. The molecule has 0 aliphatic rings. The van der Waals surface area contributed by atoms with Crippen molar-refractivity contribution in [3.8, 4) is 5.75 Å². The van der Waals surface area contributed by atoms with Crippen molar-refractivity contribution in [2.24, 2.45) is 0 Å². The quantitative estimate of drug-likeness (QED) is 0.736. The molecule has 4 heteroatoms. The number of nitrogens with one attached hydrogen (secondary N) is 1. The first-order valence-electron chi connectivity index (χ1n) is 7.86. The van der Waals surface area contributed by atoms with Gasteiger partial charge in [0.25, 0.3) is 5.91 Å². The van der Waals surface area contributed by atoms with Gasteiger partial charge in [0.15, 0.2) is 0 Å². The second kappa shape index (κ2) is 8.96. The Balaban J connectivity index is 1.60. The van der Waals surface area contributed by atoms with Gasteiger partial charge in [-0.15, -0.1) is 0 Å². The first-order chi connectivity index (χ1) is 11.2. The maximum atomic E-state index is 12.0.